The smallest absolute Gasteiger partial charge is 0.310 e. The monoisotopic (exact) mass is 730 g/mol. The van der Waals surface area contributed by atoms with Gasteiger partial charge in [0.15, 0.2) is 18.5 Å². The Bertz CT molecular complexity index is 1500. The van der Waals surface area contributed by atoms with Gasteiger partial charge in [0.25, 0.3) is 0 Å². The molecule has 1 saturated heterocycles. The van der Waals surface area contributed by atoms with E-state index in [1.165, 1.54) is 26.3 Å². The average molecular weight is 731 g/mol. The van der Waals surface area contributed by atoms with Gasteiger partial charge in [-0.3, -0.25) is 19.2 Å². The Kier molecular flexibility index (Phi) is 9.85. The van der Waals surface area contributed by atoms with Crippen molar-refractivity contribution in [2.24, 2.45) is 50.2 Å². The number of allylic oxidation sites excluding steroid dienone is 2. The van der Waals surface area contributed by atoms with Crippen molar-refractivity contribution in [3.63, 3.8) is 0 Å². The molecule has 0 aromatic carbocycles. The summed E-state index contributed by atoms with van der Waals surface area (Å²) in [5.41, 5.74) is -0.350. The van der Waals surface area contributed by atoms with Crippen LogP contribution in [0.2, 0.25) is 0 Å². The van der Waals surface area contributed by atoms with Crippen molar-refractivity contribution in [3.8, 4) is 0 Å². The Balaban J connectivity index is 1.33. The number of rotatable bonds is 6. The molecule has 1 heterocycles. The molecule has 292 valence electrons. The first-order valence-electron chi connectivity index (χ1n) is 19.4. The van der Waals surface area contributed by atoms with Gasteiger partial charge in [0.05, 0.1) is 12.0 Å². The van der Waals surface area contributed by atoms with Crippen molar-refractivity contribution in [1.29, 1.82) is 0 Å². The number of esters is 3. The van der Waals surface area contributed by atoms with Crippen LogP contribution in [0.5, 0.6) is 0 Å². The second-order valence-electron chi connectivity index (χ2n) is 19.3. The lowest BCUT2D eigenvalue weighted by atomic mass is 9.33. The number of fused-ring (bicyclic) bond motifs is 7. The summed E-state index contributed by atoms with van der Waals surface area (Å²) in [6, 6.07) is 0. The fourth-order valence-corrected chi connectivity index (χ4v) is 13.0. The minimum atomic E-state index is -1.46. The number of carboxylic acid groups (broad SMARTS) is 1. The van der Waals surface area contributed by atoms with Crippen molar-refractivity contribution in [2.75, 3.05) is 6.61 Å². The first kappa shape index (κ1) is 39.2. The molecular formula is C41H62O11. The SMILES string of the molecule is CC(=O)O[C@@H]1[C@@H](O)[C@H](O[C@H]2[C@H](OC(C)=O)C[C@]3(C)[C@H]4CC=C5[C@@H]6CC(C)(C)CC[C@]6(C(=O)O)CC[C@@]5(C)[C@]4(C)CC[C@H]3C2(C)C)OC[C@@H]1OC(C)=O. The molecule has 0 aromatic heterocycles. The molecule has 5 fully saturated rings. The lowest BCUT2D eigenvalue weighted by Gasteiger charge is -2.71. The van der Waals surface area contributed by atoms with Crippen molar-refractivity contribution < 1.29 is 53.1 Å². The third-order valence-corrected chi connectivity index (χ3v) is 15.6. The van der Waals surface area contributed by atoms with E-state index in [4.69, 9.17) is 23.7 Å². The molecule has 0 spiro atoms. The van der Waals surface area contributed by atoms with Crippen LogP contribution in [0.1, 0.15) is 127 Å². The van der Waals surface area contributed by atoms with E-state index < -0.39 is 71.5 Å². The highest BCUT2D eigenvalue weighted by molar-refractivity contribution is 5.76. The molecule has 11 nitrogen and oxygen atoms in total. The average Bonchev–Trinajstić information content (AvgIpc) is 3.01. The minimum Gasteiger partial charge on any atom is -0.481 e. The topological polar surface area (TPSA) is 155 Å². The summed E-state index contributed by atoms with van der Waals surface area (Å²) >= 11 is 0. The van der Waals surface area contributed by atoms with Gasteiger partial charge in [-0.15, -0.1) is 0 Å². The maximum atomic E-state index is 13.1. The van der Waals surface area contributed by atoms with Crippen LogP contribution in [-0.2, 0) is 42.9 Å². The zero-order valence-corrected chi connectivity index (χ0v) is 32.9. The van der Waals surface area contributed by atoms with Crippen LogP contribution < -0.4 is 0 Å². The van der Waals surface area contributed by atoms with Crippen molar-refractivity contribution in [3.05, 3.63) is 11.6 Å². The molecule has 0 unspecified atom stereocenters. The van der Waals surface area contributed by atoms with Crippen LogP contribution in [0, 0.1) is 50.2 Å². The zero-order chi connectivity index (χ0) is 38.4. The third-order valence-electron chi connectivity index (χ3n) is 15.6. The van der Waals surface area contributed by atoms with E-state index in [1.54, 1.807) is 0 Å². The Morgan fingerprint density at radius 3 is 2.02 bits per heavy atom. The third kappa shape index (κ3) is 6.03. The van der Waals surface area contributed by atoms with E-state index in [0.717, 1.165) is 44.9 Å². The molecule has 0 radical (unpaired) electrons. The number of carbonyl (C=O) groups is 4. The van der Waals surface area contributed by atoms with Gasteiger partial charge in [-0.2, -0.15) is 0 Å². The largest absolute Gasteiger partial charge is 0.481 e. The fourth-order valence-electron chi connectivity index (χ4n) is 13.0. The first-order chi connectivity index (χ1) is 24.0. The number of aliphatic hydroxyl groups is 1. The summed E-state index contributed by atoms with van der Waals surface area (Å²) < 4.78 is 29.5. The number of hydrogen-bond donors (Lipinski definition) is 2. The van der Waals surface area contributed by atoms with E-state index >= 15 is 0 Å². The van der Waals surface area contributed by atoms with Gasteiger partial charge in [0.2, 0.25) is 0 Å². The molecule has 1 aliphatic heterocycles. The second kappa shape index (κ2) is 13.1. The van der Waals surface area contributed by atoms with Gasteiger partial charge in [0, 0.05) is 20.8 Å². The minimum absolute atomic E-state index is 0.0170. The van der Waals surface area contributed by atoms with Crippen molar-refractivity contribution in [1.82, 2.24) is 0 Å². The van der Waals surface area contributed by atoms with Gasteiger partial charge in [-0.05, 0) is 103 Å². The lowest BCUT2D eigenvalue weighted by molar-refractivity contribution is -0.325. The Morgan fingerprint density at radius 1 is 0.788 bits per heavy atom. The predicted octanol–water partition coefficient (Wildman–Crippen LogP) is 6.38. The van der Waals surface area contributed by atoms with Crippen LogP contribution in [0.15, 0.2) is 11.6 Å². The molecule has 6 aliphatic rings. The first-order valence-corrected chi connectivity index (χ1v) is 19.4. The highest BCUT2D eigenvalue weighted by Crippen LogP contribution is 2.76. The lowest BCUT2D eigenvalue weighted by Crippen LogP contribution is -2.68. The van der Waals surface area contributed by atoms with Crippen molar-refractivity contribution in [2.45, 2.75) is 164 Å². The summed E-state index contributed by atoms with van der Waals surface area (Å²) in [5.74, 6) is -1.89. The molecule has 11 heteroatoms. The number of carboxylic acids is 1. The van der Waals surface area contributed by atoms with Crippen LogP contribution >= 0.6 is 0 Å². The number of carbonyl (C=O) groups excluding carboxylic acids is 3. The standard InChI is InChI=1S/C41H62O11/c1-22(42)49-27-20-38(8)29(37(6,7)33(27)52-34-31(45)32(51-24(3)44)28(21-48-34)50-23(2)43)13-14-40(10)30(38)12-11-25-26-19-36(4,5)15-17-41(26,35(46)47)18-16-39(25,40)9/h11,26-34,45H,12-21H2,1-10H3,(H,46,47)/t26-,27+,28-,29-,30+,31+,32-,33-,34-,38-,39+,40+,41-/m0/s1. The van der Waals surface area contributed by atoms with Gasteiger partial charge in [-0.1, -0.05) is 60.1 Å². The predicted molar refractivity (Wildman–Crippen MR) is 189 cm³/mol. The maximum absolute atomic E-state index is 13.1. The number of ether oxygens (including phenoxy) is 5. The highest BCUT2D eigenvalue weighted by Gasteiger charge is 2.71. The van der Waals surface area contributed by atoms with E-state index in [1.807, 2.05) is 0 Å². The van der Waals surface area contributed by atoms with Crippen LogP contribution in [0.25, 0.3) is 0 Å². The van der Waals surface area contributed by atoms with Crippen LogP contribution in [0.4, 0.5) is 0 Å². The van der Waals surface area contributed by atoms with Gasteiger partial charge >= 0.3 is 23.9 Å². The Hall–Kier alpha value is -2.50. The summed E-state index contributed by atoms with van der Waals surface area (Å²) in [6.07, 6.45) is 3.53. The molecule has 0 bridgehead atoms. The molecule has 5 aliphatic carbocycles. The number of hydrogen-bond acceptors (Lipinski definition) is 10. The fraction of sp³-hybridized carbons (Fsp3) is 0.854. The molecule has 13 atom stereocenters. The van der Waals surface area contributed by atoms with Crippen LogP contribution in [0.3, 0.4) is 0 Å². The Labute approximate surface area is 308 Å². The van der Waals surface area contributed by atoms with Gasteiger partial charge in [-0.25, -0.2) is 0 Å². The molecule has 2 N–H and O–H groups in total. The van der Waals surface area contributed by atoms with Gasteiger partial charge in [0.1, 0.15) is 18.3 Å². The summed E-state index contributed by atoms with van der Waals surface area (Å²) in [4.78, 5) is 49.6. The zero-order valence-electron chi connectivity index (χ0n) is 32.9. The number of aliphatic carboxylic acids is 1. The summed E-state index contributed by atoms with van der Waals surface area (Å²) in [5, 5.41) is 22.2. The normalized spacial score (nSPS) is 46.1. The number of aliphatic hydroxyl groups excluding tert-OH is 1. The highest BCUT2D eigenvalue weighted by atomic mass is 16.7. The second-order valence-corrected chi connectivity index (χ2v) is 19.3. The molecule has 4 saturated carbocycles. The van der Waals surface area contributed by atoms with E-state index in [-0.39, 0.29) is 46.0 Å². The van der Waals surface area contributed by atoms with Crippen LogP contribution in [-0.4, -0.2) is 77.5 Å². The van der Waals surface area contributed by atoms with E-state index in [0.29, 0.717) is 12.8 Å². The summed E-state index contributed by atoms with van der Waals surface area (Å²) in [7, 11) is 0. The van der Waals surface area contributed by atoms with Crippen molar-refractivity contribution >= 4 is 23.9 Å². The molecule has 6 rings (SSSR count). The van der Waals surface area contributed by atoms with Gasteiger partial charge < -0.3 is 33.9 Å². The van der Waals surface area contributed by atoms with E-state index in [9.17, 15) is 29.4 Å². The molecule has 0 aromatic rings. The Morgan fingerprint density at radius 2 is 1.40 bits per heavy atom. The maximum Gasteiger partial charge on any atom is 0.310 e. The molecular weight excluding hydrogens is 668 g/mol. The summed E-state index contributed by atoms with van der Waals surface area (Å²) in [6.45, 7) is 19.8. The molecule has 52 heavy (non-hydrogen) atoms. The van der Waals surface area contributed by atoms with E-state index in [2.05, 4.69) is 54.5 Å². The quantitative estimate of drug-likeness (QED) is 0.135. The molecule has 0 amide bonds.